The van der Waals surface area contributed by atoms with Crippen molar-refractivity contribution < 1.29 is 32.2 Å². The number of halogens is 4. The number of rotatable bonds is 4. The van der Waals surface area contributed by atoms with E-state index in [1.165, 1.54) is 19.1 Å². The van der Waals surface area contributed by atoms with Crippen molar-refractivity contribution in [2.75, 3.05) is 5.32 Å². The van der Waals surface area contributed by atoms with Gasteiger partial charge in [-0.15, -0.1) is 0 Å². The van der Waals surface area contributed by atoms with Crippen LogP contribution in [0.1, 0.15) is 22.8 Å². The van der Waals surface area contributed by atoms with E-state index in [2.05, 4.69) is 5.32 Å². The average molecular weight is 389 g/mol. The van der Waals surface area contributed by atoms with Crippen molar-refractivity contribution in [3.8, 4) is 0 Å². The van der Waals surface area contributed by atoms with Crippen LogP contribution in [0.25, 0.3) is 0 Å². The van der Waals surface area contributed by atoms with Crippen LogP contribution in [0, 0.1) is 5.21 Å². The van der Waals surface area contributed by atoms with Gasteiger partial charge in [0.1, 0.15) is 0 Å². The number of amides is 1. The first-order valence-electron chi connectivity index (χ1n) is 7.15. The van der Waals surface area contributed by atoms with E-state index >= 15 is 0 Å². The molecular formula is C16H12ClF3N2O4. The van der Waals surface area contributed by atoms with Gasteiger partial charge in [0.25, 0.3) is 5.91 Å². The Hall–Kier alpha value is -2.81. The van der Waals surface area contributed by atoms with E-state index in [0.29, 0.717) is 10.8 Å². The van der Waals surface area contributed by atoms with Crippen LogP contribution in [0.15, 0.2) is 42.7 Å². The second-order valence-electron chi connectivity index (χ2n) is 5.18. The fraction of sp³-hybridized carbons (Fsp3) is 0.188. The maximum atomic E-state index is 12.7. The Morgan fingerprint density at radius 1 is 1.23 bits per heavy atom. The minimum atomic E-state index is -4.60. The number of alkyl halides is 3. The van der Waals surface area contributed by atoms with Crippen molar-refractivity contribution in [3.63, 3.8) is 0 Å². The van der Waals surface area contributed by atoms with E-state index in [1.807, 2.05) is 0 Å². The second kappa shape index (κ2) is 7.61. The topological polar surface area (TPSA) is 82.3 Å². The number of benzene rings is 1. The highest BCUT2D eigenvalue weighted by atomic mass is 35.5. The molecule has 0 saturated heterocycles. The summed E-state index contributed by atoms with van der Waals surface area (Å²) in [6.07, 6.45) is -3.77. The zero-order chi connectivity index (χ0) is 19.5. The van der Waals surface area contributed by atoms with E-state index in [1.54, 1.807) is 0 Å². The third-order valence-corrected chi connectivity index (χ3v) is 3.57. The van der Waals surface area contributed by atoms with Gasteiger partial charge in [0, 0.05) is 12.1 Å². The van der Waals surface area contributed by atoms with Gasteiger partial charge in [0.2, 0.25) is 0 Å². The summed E-state index contributed by atoms with van der Waals surface area (Å²) in [5.41, 5.74) is -1.22. The Labute approximate surface area is 150 Å². The molecule has 0 unspecified atom stereocenters. The molecule has 1 heterocycles. The Morgan fingerprint density at radius 3 is 2.42 bits per heavy atom. The molecule has 1 N–H and O–H groups in total. The maximum absolute atomic E-state index is 12.7. The molecule has 0 aliphatic heterocycles. The lowest BCUT2D eigenvalue weighted by Crippen LogP contribution is -2.30. The average Bonchev–Trinajstić information content (AvgIpc) is 2.56. The van der Waals surface area contributed by atoms with Crippen molar-refractivity contribution in [3.05, 3.63) is 64.1 Å². The number of hydrogen-bond acceptors (Lipinski definition) is 4. The van der Waals surface area contributed by atoms with E-state index in [4.69, 9.17) is 16.3 Å². The highest BCUT2D eigenvalue weighted by Crippen LogP contribution is 2.33. The fourth-order valence-corrected chi connectivity index (χ4v) is 2.03. The van der Waals surface area contributed by atoms with Crippen LogP contribution in [-0.4, -0.2) is 18.0 Å². The Balaban J connectivity index is 2.07. The number of nitrogens with zero attached hydrogens (tertiary/aromatic N) is 1. The molecule has 0 aliphatic carbocycles. The van der Waals surface area contributed by atoms with Gasteiger partial charge in [-0.25, -0.2) is 4.79 Å². The normalized spacial score (nSPS) is 12.3. The summed E-state index contributed by atoms with van der Waals surface area (Å²) in [7, 11) is 0. The lowest BCUT2D eigenvalue weighted by Gasteiger charge is -2.15. The fourth-order valence-electron chi connectivity index (χ4n) is 1.86. The molecule has 0 aliphatic rings. The summed E-state index contributed by atoms with van der Waals surface area (Å²) < 4.78 is 43.6. The Kier molecular flexibility index (Phi) is 5.71. The predicted molar refractivity (Wildman–Crippen MR) is 85.4 cm³/mol. The van der Waals surface area contributed by atoms with Gasteiger partial charge in [0.15, 0.2) is 18.5 Å². The monoisotopic (exact) mass is 388 g/mol. The highest BCUT2D eigenvalue weighted by molar-refractivity contribution is 6.33. The van der Waals surface area contributed by atoms with Gasteiger partial charge in [-0.05, 0) is 25.1 Å². The number of pyridine rings is 1. The Bertz CT molecular complexity index is 825. The van der Waals surface area contributed by atoms with Crippen LogP contribution in [-0.2, 0) is 15.7 Å². The minimum absolute atomic E-state index is 0.0360. The summed E-state index contributed by atoms with van der Waals surface area (Å²) in [4.78, 5) is 24.0. The quantitative estimate of drug-likeness (QED) is 0.495. The molecule has 1 amide bonds. The van der Waals surface area contributed by atoms with Gasteiger partial charge >= 0.3 is 12.1 Å². The molecule has 1 aromatic heterocycles. The van der Waals surface area contributed by atoms with Crippen LogP contribution in [0.5, 0.6) is 0 Å². The molecule has 0 radical (unpaired) electrons. The van der Waals surface area contributed by atoms with E-state index in [-0.39, 0.29) is 16.3 Å². The zero-order valence-corrected chi connectivity index (χ0v) is 14.0. The number of anilines is 1. The van der Waals surface area contributed by atoms with E-state index in [9.17, 15) is 28.0 Å². The van der Waals surface area contributed by atoms with Crippen LogP contribution >= 0.6 is 11.6 Å². The van der Waals surface area contributed by atoms with Gasteiger partial charge < -0.3 is 15.3 Å². The summed E-state index contributed by atoms with van der Waals surface area (Å²) in [5, 5.41) is 13.0. The molecule has 1 aromatic carbocycles. The SMILES string of the molecule is C[C@H](OC(=O)c1cc[n+]([O-])cc1)C(=O)Nc1cc(C(F)(F)F)ccc1Cl. The number of nitrogens with one attached hydrogen (secondary N) is 1. The lowest BCUT2D eigenvalue weighted by molar-refractivity contribution is -0.605. The number of esters is 1. The third-order valence-electron chi connectivity index (χ3n) is 3.24. The van der Waals surface area contributed by atoms with Crippen molar-refractivity contribution in [2.45, 2.75) is 19.2 Å². The first-order valence-corrected chi connectivity index (χ1v) is 7.53. The number of ether oxygens (including phenoxy) is 1. The first kappa shape index (κ1) is 19.5. The van der Waals surface area contributed by atoms with Crippen molar-refractivity contribution >= 4 is 29.2 Å². The first-order chi connectivity index (χ1) is 12.1. The molecule has 6 nitrogen and oxygen atoms in total. The molecule has 0 fully saturated rings. The van der Waals surface area contributed by atoms with Crippen LogP contribution in [0.4, 0.5) is 18.9 Å². The minimum Gasteiger partial charge on any atom is -0.619 e. The predicted octanol–water partition coefficient (Wildman–Crippen LogP) is 3.18. The maximum Gasteiger partial charge on any atom is 0.416 e. The molecule has 0 bridgehead atoms. The summed E-state index contributed by atoms with van der Waals surface area (Å²) in [5.74, 6) is -1.74. The second-order valence-corrected chi connectivity index (χ2v) is 5.58. The number of carbonyl (C=O) groups excluding carboxylic acids is 2. The molecule has 26 heavy (non-hydrogen) atoms. The van der Waals surface area contributed by atoms with E-state index < -0.39 is 29.7 Å². The number of carbonyl (C=O) groups is 2. The van der Waals surface area contributed by atoms with Crippen molar-refractivity contribution in [2.24, 2.45) is 0 Å². The molecule has 2 aromatic rings. The van der Waals surface area contributed by atoms with Crippen molar-refractivity contribution in [1.29, 1.82) is 0 Å². The smallest absolute Gasteiger partial charge is 0.416 e. The summed E-state index contributed by atoms with van der Waals surface area (Å²) in [6.45, 7) is 1.24. The molecule has 0 saturated carbocycles. The molecule has 1 atom stereocenters. The zero-order valence-electron chi connectivity index (χ0n) is 13.2. The largest absolute Gasteiger partial charge is 0.619 e. The lowest BCUT2D eigenvalue weighted by atomic mass is 10.2. The molecule has 2 rings (SSSR count). The standard InChI is InChI=1S/C16H12ClF3N2O4/c1-9(26-15(24)10-4-6-22(25)7-5-10)14(23)21-13-8-11(16(18,19)20)2-3-12(13)17/h2-9H,1H3,(H,21,23)/t9-/m0/s1. The third kappa shape index (κ3) is 4.85. The summed E-state index contributed by atoms with van der Waals surface area (Å²) in [6, 6.07) is 4.85. The number of aromatic nitrogens is 1. The summed E-state index contributed by atoms with van der Waals surface area (Å²) >= 11 is 5.79. The van der Waals surface area contributed by atoms with Crippen LogP contribution in [0.2, 0.25) is 5.02 Å². The Morgan fingerprint density at radius 2 is 1.85 bits per heavy atom. The van der Waals surface area contributed by atoms with Crippen molar-refractivity contribution in [1.82, 2.24) is 0 Å². The van der Waals surface area contributed by atoms with Gasteiger partial charge in [-0.3, -0.25) is 4.79 Å². The van der Waals surface area contributed by atoms with Crippen LogP contribution in [0.3, 0.4) is 0 Å². The highest BCUT2D eigenvalue weighted by Gasteiger charge is 2.31. The molecule has 0 spiro atoms. The molecule has 10 heteroatoms. The molecule has 138 valence electrons. The van der Waals surface area contributed by atoms with Gasteiger partial charge in [0.05, 0.1) is 21.8 Å². The van der Waals surface area contributed by atoms with Crippen LogP contribution < -0.4 is 10.0 Å². The van der Waals surface area contributed by atoms with E-state index in [0.717, 1.165) is 24.5 Å². The van der Waals surface area contributed by atoms with Gasteiger partial charge in [-0.2, -0.15) is 17.9 Å². The number of hydrogen-bond donors (Lipinski definition) is 1. The molecular weight excluding hydrogens is 377 g/mol. The van der Waals surface area contributed by atoms with Gasteiger partial charge in [-0.1, -0.05) is 11.6 Å².